The number of hydrogen-bond donors (Lipinski definition) is 1. The monoisotopic (exact) mass is 415 g/mol. The second-order valence-electron chi connectivity index (χ2n) is 6.63. The van der Waals surface area contributed by atoms with Crippen LogP contribution in [0.1, 0.15) is 18.1 Å². The molecule has 1 aromatic heterocycles. The number of aryl methyl sites for hydroxylation is 1. The number of furan rings is 1. The van der Waals surface area contributed by atoms with Gasteiger partial charge >= 0.3 is 5.97 Å². The summed E-state index contributed by atoms with van der Waals surface area (Å²) in [5.41, 5.74) is 2.84. The molecule has 29 heavy (non-hydrogen) atoms. The third-order valence-electron chi connectivity index (χ3n) is 4.37. The minimum atomic E-state index is -3.38. The molecule has 152 valence electrons. The molecule has 1 amide bonds. The molecule has 2 aromatic carbocycles. The van der Waals surface area contributed by atoms with Gasteiger partial charge in [0.05, 0.1) is 17.6 Å². The van der Waals surface area contributed by atoms with E-state index in [4.69, 9.17) is 9.15 Å². The van der Waals surface area contributed by atoms with Gasteiger partial charge in [-0.1, -0.05) is 25.1 Å². The molecule has 0 atom stereocenters. The molecule has 8 heteroatoms. The fraction of sp³-hybridized carbons (Fsp3) is 0.238. The molecule has 1 N–H and O–H groups in total. The van der Waals surface area contributed by atoms with E-state index in [1.165, 1.54) is 24.5 Å². The van der Waals surface area contributed by atoms with E-state index in [1.807, 2.05) is 25.1 Å². The van der Waals surface area contributed by atoms with Crippen LogP contribution in [-0.4, -0.2) is 33.2 Å². The molecule has 0 saturated carbocycles. The highest BCUT2D eigenvalue weighted by molar-refractivity contribution is 7.90. The number of rotatable bonds is 7. The fourth-order valence-corrected chi connectivity index (χ4v) is 3.51. The molecule has 0 spiro atoms. The van der Waals surface area contributed by atoms with Crippen molar-refractivity contribution in [2.24, 2.45) is 0 Å². The van der Waals surface area contributed by atoms with Crippen molar-refractivity contribution in [2.45, 2.75) is 24.7 Å². The zero-order valence-corrected chi connectivity index (χ0v) is 16.9. The summed E-state index contributed by atoms with van der Waals surface area (Å²) in [6.45, 7) is 1.57. The van der Waals surface area contributed by atoms with E-state index in [-0.39, 0.29) is 11.3 Å². The first-order valence-corrected chi connectivity index (χ1v) is 10.9. The van der Waals surface area contributed by atoms with Crippen LogP contribution in [0.3, 0.4) is 0 Å². The summed E-state index contributed by atoms with van der Waals surface area (Å²) in [6, 6.07) is 11.7. The Morgan fingerprint density at radius 2 is 1.93 bits per heavy atom. The van der Waals surface area contributed by atoms with Crippen LogP contribution in [0.5, 0.6) is 0 Å². The standard InChI is InChI=1S/C21H21NO6S/c1-3-14-7-8-18-15(12-27-19(18)9-14)10-21(24)28-13-20(23)22-16-5-4-6-17(11-16)29(2,25)26/h4-9,11-12H,3,10,13H2,1-2H3,(H,22,23). The predicted octanol–water partition coefficient (Wildman–Crippen LogP) is 3.12. The lowest BCUT2D eigenvalue weighted by atomic mass is 10.1. The molecule has 0 fully saturated rings. The summed E-state index contributed by atoms with van der Waals surface area (Å²) in [5, 5.41) is 3.35. The second-order valence-corrected chi connectivity index (χ2v) is 8.65. The fourth-order valence-electron chi connectivity index (χ4n) is 2.84. The number of amides is 1. The molecular formula is C21H21NO6S. The first kappa shape index (κ1) is 20.6. The minimum Gasteiger partial charge on any atom is -0.464 e. The summed E-state index contributed by atoms with van der Waals surface area (Å²) >= 11 is 0. The van der Waals surface area contributed by atoms with E-state index in [0.29, 0.717) is 16.8 Å². The first-order chi connectivity index (χ1) is 13.8. The number of esters is 1. The maximum Gasteiger partial charge on any atom is 0.310 e. The Hall–Kier alpha value is -3.13. The van der Waals surface area contributed by atoms with Gasteiger partial charge in [0, 0.05) is 22.9 Å². The van der Waals surface area contributed by atoms with E-state index in [9.17, 15) is 18.0 Å². The average Bonchev–Trinajstić information content (AvgIpc) is 3.08. The first-order valence-electron chi connectivity index (χ1n) is 9.01. The van der Waals surface area contributed by atoms with Gasteiger partial charge in [0.15, 0.2) is 16.4 Å². The zero-order chi connectivity index (χ0) is 21.0. The molecule has 7 nitrogen and oxygen atoms in total. The third-order valence-corrected chi connectivity index (χ3v) is 5.48. The molecule has 0 saturated heterocycles. The lowest BCUT2D eigenvalue weighted by molar-refractivity contribution is -0.146. The molecule has 1 heterocycles. The molecule has 3 rings (SSSR count). The van der Waals surface area contributed by atoms with Crippen LogP contribution >= 0.6 is 0 Å². The van der Waals surface area contributed by atoms with E-state index in [2.05, 4.69) is 5.32 Å². The van der Waals surface area contributed by atoms with E-state index < -0.39 is 28.3 Å². The average molecular weight is 415 g/mol. The second kappa shape index (κ2) is 8.48. The van der Waals surface area contributed by atoms with Crippen LogP contribution in [0.2, 0.25) is 0 Å². The van der Waals surface area contributed by atoms with Crippen molar-refractivity contribution in [2.75, 3.05) is 18.2 Å². The van der Waals surface area contributed by atoms with Gasteiger partial charge in [0.25, 0.3) is 5.91 Å². The number of benzene rings is 2. The van der Waals surface area contributed by atoms with Crippen molar-refractivity contribution in [3.63, 3.8) is 0 Å². The lowest BCUT2D eigenvalue weighted by Crippen LogP contribution is -2.21. The largest absolute Gasteiger partial charge is 0.464 e. The van der Waals surface area contributed by atoms with Gasteiger partial charge in [-0.25, -0.2) is 8.42 Å². The summed E-state index contributed by atoms with van der Waals surface area (Å²) in [5.74, 6) is -1.12. The molecule has 0 aliphatic heterocycles. The topological polar surface area (TPSA) is 103 Å². The van der Waals surface area contributed by atoms with Crippen molar-refractivity contribution in [3.8, 4) is 0 Å². The van der Waals surface area contributed by atoms with Crippen molar-refractivity contribution >= 4 is 38.4 Å². The number of nitrogens with one attached hydrogen (secondary N) is 1. The molecule has 3 aromatic rings. The van der Waals surface area contributed by atoms with Crippen LogP contribution in [0, 0.1) is 0 Å². The normalized spacial score (nSPS) is 11.4. The number of ether oxygens (including phenoxy) is 1. The van der Waals surface area contributed by atoms with Crippen molar-refractivity contribution < 1.29 is 27.2 Å². The van der Waals surface area contributed by atoms with Crippen LogP contribution in [0.4, 0.5) is 5.69 Å². The molecule has 0 radical (unpaired) electrons. The SMILES string of the molecule is CCc1ccc2c(CC(=O)OCC(=O)Nc3cccc(S(C)(=O)=O)c3)coc2c1. The summed E-state index contributed by atoms with van der Waals surface area (Å²) in [4.78, 5) is 24.2. The zero-order valence-electron chi connectivity index (χ0n) is 16.1. The maximum atomic E-state index is 12.1. The van der Waals surface area contributed by atoms with Crippen molar-refractivity contribution in [1.29, 1.82) is 0 Å². The maximum absolute atomic E-state index is 12.1. The number of fused-ring (bicyclic) bond motifs is 1. The van der Waals surface area contributed by atoms with Gasteiger partial charge < -0.3 is 14.5 Å². The summed E-state index contributed by atoms with van der Waals surface area (Å²) in [6.07, 6.45) is 3.46. The molecule has 0 bridgehead atoms. The van der Waals surface area contributed by atoms with Crippen LogP contribution in [0.25, 0.3) is 11.0 Å². The Balaban J connectivity index is 1.56. The highest BCUT2D eigenvalue weighted by Gasteiger charge is 2.14. The van der Waals surface area contributed by atoms with Gasteiger partial charge in [-0.3, -0.25) is 9.59 Å². The Morgan fingerprint density at radius 3 is 2.66 bits per heavy atom. The van der Waals surface area contributed by atoms with Gasteiger partial charge in [0.1, 0.15) is 5.58 Å². The van der Waals surface area contributed by atoms with Crippen LogP contribution in [0.15, 0.2) is 58.0 Å². The Bertz CT molecular complexity index is 1160. The van der Waals surface area contributed by atoms with Crippen molar-refractivity contribution in [3.05, 3.63) is 59.9 Å². The van der Waals surface area contributed by atoms with Gasteiger partial charge in [-0.05, 0) is 36.2 Å². The van der Waals surface area contributed by atoms with Gasteiger partial charge in [-0.2, -0.15) is 0 Å². The lowest BCUT2D eigenvalue weighted by Gasteiger charge is -2.07. The molecule has 0 aliphatic rings. The van der Waals surface area contributed by atoms with E-state index in [0.717, 1.165) is 23.6 Å². The number of sulfone groups is 1. The van der Waals surface area contributed by atoms with Gasteiger partial charge in [-0.15, -0.1) is 0 Å². The molecule has 0 aliphatic carbocycles. The Morgan fingerprint density at radius 1 is 1.14 bits per heavy atom. The minimum absolute atomic E-state index is 0.0185. The predicted molar refractivity (Wildman–Crippen MR) is 108 cm³/mol. The number of carbonyl (C=O) groups is 2. The number of anilines is 1. The van der Waals surface area contributed by atoms with Crippen LogP contribution in [-0.2, 0) is 37.0 Å². The molecular weight excluding hydrogens is 394 g/mol. The summed E-state index contributed by atoms with van der Waals surface area (Å²) in [7, 11) is -3.38. The quantitative estimate of drug-likeness (QED) is 0.595. The number of hydrogen-bond acceptors (Lipinski definition) is 6. The Labute approximate surface area is 168 Å². The highest BCUT2D eigenvalue weighted by atomic mass is 32.2. The summed E-state index contributed by atoms with van der Waals surface area (Å²) < 4.78 is 33.7. The Kier molecular flexibility index (Phi) is 6.03. The van der Waals surface area contributed by atoms with E-state index >= 15 is 0 Å². The highest BCUT2D eigenvalue weighted by Crippen LogP contribution is 2.23. The third kappa shape index (κ3) is 5.23. The van der Waals surface area contributed by atoms with Gasteiger partial charge in [0.2, 0.25) is 0 Å². The number of carbonyl (C=O) groups excluding carboxylic acids is 2. The van der Waals surface area contributed by atoms with Crippen molar-refractivity contribution in [1.82, 2.24) is 0 Å². The van der Waals surface area contributed by atoms with Crippen LogP contribution < -0.4 is 5.32 Å². The smallest absolute Gasteiger partial charge is 0.310 e. The molecule has 0 unspecified atom stereocenters. The van der Waals surface area contributed by atoms with E-state index in [1.54, 1.807) is 6.07 Å².